The van der Waals surface area contributed by atoms with Crippen molar-refractivity contribution in [3.05, 3.63) is 35.9 Å². The lowest BCUT2D eigenvalue weighted by atomic mass is 10.2. The summed E-state index contributed by atoms with van der Waals surface area (Å²) >= 11 is 0. The van der Waals surface area contributed by atoms with Gasteiger partial charge in [-0.25, -0.2) is 0 Å². The maximum Gasteiger partial charge on any atom is 0.343 e. The SMILES string of the molecule is CC(C)C[P+](=O)Cc1ccccc1. The summed E-state index contributed by atoms with van der Waals surface area (Å²) in [5.74, 6) is 0.535. The van der Waals surface area contributed by atoms with Crippen LogP contribution in [0.15, 0.2) is 30.3 Å². The number of benzene rings is 1. The molecule has 0 heterocycles. The third-order valence-electron chi connectivity index (χ3n) is 1.77. The molecule has 70 valence electrons. The number of rotatable bonds is 4. The second kappa shape index (κ2) is 5.14. The molecule has 0 aliphatic heterocycles. The van der Waals surface area contributed by atoms with Crippen LogP contribution in [0.4, 0.5) is 0 Å². The molecule has 1 rings (SSSR count). The van der Waals surface area contributed by atoms with Gasteiger partial charge in [-0.05, 0) is 11.5 Å². The molecule has 1 unspecified atom stereocenters. The van der Waals surface area contributed by atoms with Gasteiger partial charge in [0.2, 0.25) is 0 Å². The summed E-state index contributed by atoms with van der Waals surface area (Å²) in [5.41, 5.74) is 1.18. The van der Waals surface area contributed by atoms with Gasteiger partial charge in [-0.2, -0.15) is 0 Å². The van der Waals surface area contributed by atoms with Crippen LogP contribution >= 0.6 is 7.80 Å². The molecule has 0 amide bonds. The van der Waals surface area contributed by atoms with E-state index in [0.717, 1.165) is 12.3 Å². The Hall–Kier alpha value is -0.680. The van der Waals surface area contributed by atoms with Crippen molar-refractivity contribution in [3.63, 3.8) is 0 Å². The van der Waals surface area contributed by atoms with Crippen molar-refractivity contribution in [1.82, 2.24) is 0 Å². The smallest absolute Gasteiger partial charge is 0.0744 e. The van der Waals surface area contributed by atoms with Crippen LogP contribution in [0.5, 0.6) is 0 Å². The zero-order chi connectivity index (χ0) is 9.68. The second-order valence-corrected chi connectivity index (χ2v) is 5.35. The largest absolute Gasteiger partial charge is 0.343 e. The molecule has 0 fully saturated rings. The third kappa shape index (κ3) is 4.19. The molecule has 1 aromatic rings. The highest BCUT2D eigenvalue weighted by atomic mass is 31.1. The van der Waals surface area contributed by atoms with Crippen molar-refractivity contribution in [1.29, 1.82) is 0 Å². The highest BCUT2D eigenvalue weighted by Gasteiger charge is 2.17. The summed E-state index contributed by atoms with van der Waals surface area (Å²) in [6, 6.07) is 10.0. The van der Waals surface area contributed by atoms with E-state index in [-0.39, 0.29) is 0 Å². The van der Waals surface area contributed by atoms with Crippen molar-refractivity contribution in [2.24, 2.45) is 5.92 Å². The summed E-state index contributed by atoms with van der Waals surface area (Å²) in [5, 5.41) is 0. The Morgan fingerprint density at radius 3 is 2.38 bits per heavy atom. The zero-order valence-corrected chi connectivity index (χ0v) is 9.13. The first kappa shape index (κ1) is 10.4. The molecule has 1 nitrogen and oxygen atoms in total. The van der Waals surface area contributed by atoms with E-state index in [0.29, 0.717) is 5.92 Å². The van der Waals surface area contributed by atoms with E-state index in [1.807, 2.05) is 30.3 Å². The van der Waals surface area contributed by atoms with Crippen molar-refractivity contribution >= 4 is 7.80 Å². The second-order valence-electron chi connectivity index (χ2n) is 3.70. The van der Waals surface area contributed by atoms with Gasteiger partial charge in [0, 0.05) is 0 Å². The molecule has 1 atom stereocenters. The van der Waals surface area contributed by atoms with Crippen LogP contribution in [0.2, 0.25) is 0 Å². The van der Waals surface area contributed by atoms with Gasteiger partial charge in [-0.15, -0.1) is 0 Å². The van der Waals surface area contributed by atoms with Crippen LogP contribution in [-0.2, 0) is 10.7 Å². The monoisotopic (exact) mass is 195 g/mol. The van der Waals surface area contributed by atoms with Gasteiger partial charge in [-0.3, -0.25) is 0 Å². The molecular formula is C11H16OP+. The average Bonchev–Trinajstić information content (AvgIpc) is 2.04. The van der Waals surface area contributed by atoms with Gasteiger partial charge < -0.3 is 0 Å². The van der Waals surface area contributed by atoms with Crippen LogP contribution in [0, 0.1) is 5.92 Å². The minimum atomic E-state index is -1.05. The van der Waals surface area contributed by atoms with E-state index >= 15 is 0 Å². The topological polar surface area (TPSA) is 17.1 Å². The van der Waals surface area contributed by atoms with Crippen LogP contribution < -0.4 is 0 Å². The van der Waals surface area contributed by atoms with E-state index in [1.54, 1.807) is 0 Å². The maximum atomic E-state index is 11.6. The Labute approximate surface area is 81.0 Å². The summed E-state index contributed by atoms with van der Waals surface area (Å²) in [6.45, 7) is 4.22. The highest BCUT2D eigenvalue weighted by molar-refractivity contribution is 7.43. The molecule has 0 spiro atoms. The Morgan fingerprint density at radius 2 is 1.85 bits per heavy atom. The Bertz CT molecular complexity index is 267. The molecule has 0 bridgehead atoms. The van der Waals surface area contributed by atoms with Gasteiger partial charge in [0.05, 0.1) is 0 Å². The Kier molecular flexibility index (Phi) is 4.11. The maximum absolute atomic E-state index is 11.6. The molecule has 0 saturated carbocycles. The first-order valence-corrected chi connectivity index (χ1v) is 6.27. The first-order chi connectivity index (χ1) is 6.18. The van der Waals surface area contributed by atoms with Crippen molar-refractivity contribution in [2.45, 2.75) is 20.0 Å². The summed E-state index contributed by atoms with van der Waals surface area (Å²) in [6.07, 6.45) is 1.57. The van der Waals surface area contributed by atoms with E-state index in [9.17, 15) is 4.57 Å². The first-order valence-electron chi connectivity index (χ1n) is 4.64. The lowest BCUT2D eigenvalue weighted by Crippen LogP contribution is -1.91. The van der Waals surface area contributed by atoms with Gasteiger partial charge in [0.1, 0.15) is 6.16 Å². The van der Waals surface area contributed by atoms with Gasteiger partial charge >= 0.3 is 7.80 Å². The van der Waals surface area contributed by atoms with E-state index < -0.39 is 7.80 Å². The lowest BCUT2D eigenvalue weighted by molar-refractivity contribution is 0.579. The molecule has 0 saturated heterocycles. The van der Waals surface area contributed by atoms with Crippen molar-refractivity contribution in [2.75, 3.05) is 6.16 Å². The molecule has 0 N–H and O–H groups in total. The van der Waals surface area contributed by atoms with Gasteiger partial charge in [0.15, 0.2) is 6.16 Å². The highest BCUT2D eigenvalue weighted by Crippen LogP contribution is 2.28. The molecule has 0 aromatic heterocycles. The summed E-state index contributed by atoms with van der Waals surface area (Å²) in [4.78, 5) is 0. The molecule has 0 aliphatic rings. The normalized spacial score (nSPS) is 11.8. The van der Waals surface area contributed by atoms with Crippen molar-refractivity contribution < 1.29 is 4.57 Å². The lowest BCUT2D eigenvalue weighted by Gasteiger charge is -1.94. The molecule has 0 aliphatic carbocycles. The van der Waals surface area contributed by atoms with E-state index in [4.69, 9.17) is 0 Å². The molecule has 1 aromatic carbocycles. The number of hydrogen-bond acceptors (Lipinski definition) is 1. The molecular weight excluding hydrogens is 179 g/mol. The van der Waals surface area contributed by atoms with Crippen LogP contribution in [0.3, 0.4) is 0 Å². The fraction of sp³-hybridized carbons (Fsp3) is 0.455. The predicted molar refractivity (Wildman–Crippen MR) is 57.5 cm³/mol. The van der Waals surface area contributed by atoms with Crippen molar-refractivity contribution in [3.8, 4) is 0 Å². The molecule has 2 heteroatoms. The average molecular weight is 195 g/mol. The fourth-order valence-electron chi connectivity index (χ4n) is 1.26. The Balaban J connectivity index is 2.46. The fourth-order valence-corrected chi connectivity index (χ4v) is 2.82. The minimum absolute atomic E-state index is 0.535. The summed E-state index contributed by atoms with van der Waals surface area (Å²) < 4.78 is 11.6. The summed E-state index contributed by atoms with van der Waals surface area (Å²) in [7, 11) is -1.05. The van der Waals surface area contributed by atoms with E-state index in [2.05, 4.69) is 13.8 Å². The molecule has 0 radical (unpaired) electrons. The minimum Gasteiger partial charge on any atom is -0.0744 e. The Morgan fingerprint density at radius 1 is 1.23 bits per heavy atom. The molecule has 13 heavy (non-hydrogen) atoms. The van der Waals surface area contributed by atoms with Gasteiger partial charge in [-0.1, -0.05) is 48.7 Å². The number of hydrogen-bond donors (Lipinski definition) is 0. The van der Waals surface area contributed by atoms with Crippen LogP contribution in [0.25, 0.3) is 0 Å². The third-order valence-corrected chi connectivity index (χ3v) is 3.63. The van der Waals surface area contributed by atoms with Crippen LogP contribution in [0.1, 0.15) is 19.4 Å². The zero-order valence-electron chi connectivity index (χ0n) is 8.23. The predicted octanol–water partition coefficient (Wildman–Crippen LogP) is 3.67. The standard InChI is InChI=1S/C11H16OP/c1-10(2)8-13(12)9-11-6-4-3-5-7-11/h3-7,10H,8-9H2,1-2H3/q+1. The quantitative estimate of drug-likeness (QED) is 0.670. The van der Waals surface area contributed by atoms with Gasteiger partial charge in [0.25, 0.3) is 0 Å². The van der Waals surface area contributed by atoms with E-state index in [1.165, 1.54) is 5.56 Å². The van der Waals surface area contributed by atoms with Crippen LogP contribution in [-0.4, -0.2) is 6.16 Å².